The number of unbranched alkanes of at least 4 members (excludes halogenated alkanes) is 1. The van der Waals surface area contributed by atoms with Crippen LogP contribution < -0.4 is 20.7 Å². The summed E-state index contributed by atoms with van der Waals surface area (Å²) in [5, 5.41) is 8.78. The minimum Gasteiger partial charge on any atom is -0.494 e. The second-order valence-corrected chi connectivity index (χ2v) is 7.03. The van der Waals surface area contributed by atoms with Gasteiger partial charge in [0.15, 0.2) is 0 Å². The Morgan fingerprint density at radius 2 is 1.52 bits per heavy atom. The van der Waals surface area contributed by atoms with Crippen molar-refractivity contribution in [3.05, 3.63) is 84.4 Å². The van der Waals surface area contributed by atoms with Crippen LogP contribution in [0.1, 0.15) is 30.1 Å². The van der Waals surface area contributed by atoms with E-state index < -0.39 is 0 Å². The SMILES string of the molecule is CCCCOc1cccc(NCC(=O)Nc2cccc(NC(=O)c3ccccc3)c2)c1. The average Bonchev–Trinajstić information content (AvgIpc) is 2.79. The number of nitrogens with one attached hydrogen (secondary N) is 3. The second kappa shape index (κ2) is 11.4. The normalized spacial score (nSPS) is 10.2. The standard InChI is InChI=1S/C25H27N3O3/c1-2-3-15-31-23-14-8-11-20(17-23)26-18-24(29)27-21-12-7-13-22(16-21)28-25(30)19-9-5-4-6-10-19/h4-14,16-17,26H,2-3,15,18H2,1H3,(H,27,29)(H,28,30). The Labute approximate surface area is 182 Å². The number of ether oxygens (including phenoxy) is 1. The average molecular weight is 418 g/mol. The largest absolute Gasteiger partial charge is 0.494 e. The van der Waals surface area contributed by atoms with Gasteiger partial charge in [0.1, 0.15) is 5.75 Å². The van der Waals surface area contributed by atoms with Crippen molar-refractivity contribution in [3.8, 4) is 5.75 Å². The molecule has 3 rings (SSSR count). The van der Waals surface area contributed by atoms with Crippen LogP contribution in [-0.2, 0) is 4.79 Å². The zero-order valence-electron chi connectivity index (χ0n) is 17.6. The van der Waals surface area contributed by atoms with Gasteiger partial charge in [-0.2, -0.15) is 0 Å². The predicted molar refractivity (Wildman–Crippen MR) is 125 cm³/mol. The number of hydrogen-bond acceptors (Lipinski definition) is 4. The van der Waals surface area contributed by atoms with Gasteiger partial charge in [0.25, 0.3) is 5.91 Å². The van der Waals surface area contributed by atoms with Gasteiger partial charge in [-0.25, -0.2) is 0 Å². The van der Waals surface area contributed by atoms with Crippen molar-refractivity contribution >= 4 is 28.9 Å². The van der Waals surface area contributed by atoms with Crippen LogP contribution in [0.4, 0.5) is 17.1 Å². The fraction of sp³-hybridized carbons (Fsp3) is 0.200. The summed E-state index contributed by atoms with van der Waals surface area (Å²) in [6.07, 6.45) is 2.08. The van der Waals surface area contributed by atoms with Gasteiger partial charge in [-0.1, -0.05) is 43.7 Å². The van der Waals surface area contributed by atoms with Crippen LogP contribution in [0.2, 0.25) is 0 Å². The molecule has 0 aromatic heterocycles. The second-order valence-electron chi connectivity index (χ2n) is 7.03. The van der Waals surface area contributed by atoms with Gasteiger partial charge in [0.2, 0.25) is 5.91 Å². The number of carbonyl (C=O) groups is 2. The van der Waals surface area contributed by atoms with Gasteiger partial charge < -0.3 is 20.7 Å². The van der Waals surface area contributed by atoms with Crippen molar-refractivity contribution in [1.82, 2.24) is 0 Å². The van der Waals surface area contributed by atoms with Crippen LogP contribution in [-0.4, -0.2) is 25.0 Å². The van der Waals surface area contributed by atoms with Gasteiger partial charge in [0.05, 0.1) is 13.2 Å². The third-order valence-electron chi connectivity index (χ3n) is 4.49. The summed E-state index contributed by atoms with van der Waals surface area (Å²) in [6, 6.07) is 23.6. The van der Waals surface area contributed by atoms with Crippen molar-refractivity contribution < 1.29 is 14.3 Å². The van der Waals surface area contributed by atoms with Gasteiger partial charge >= 0.3 is 0 Å². The van der Waals surface area contributed by atoms with E-state index in [0.29, 0.717) is 23.5 Å². The van der Waals surface area contributed by atoms with Crippen molar-refractivity contribution in [2.75, 3.05) is 29.1 Å². The van der Waals surface area contributed by atoms with Gasteiger partial charge in [-0.15, -0.1) is 0 Å². The number of rotatable bonds is 10. The van der Waals surface area contributed by atoms with Crippen LogP contribution in [0.25, 0.3) is 0 Å². The number of anilines is 3. The predicted octanol–water partition coefficient (Wildman–Crippen LogP) is 5.17. The van der Waals surface area contributed by atoms with E-state index in [2.05, 4.69) is 22.9 Å². The van der Waals surface area contributed by atoms with Crippen LogP contribution in [0.5, 0.6) is 5.75 Å². The quantitative estimate of drug-likeness (QED) is 0.398. The molecule has 31 heavy (non-hydrogen) atoms. The molecule has 6 heteroatoms. The zero-order valence-corrected chi connectivity index (χ0v) is 17.6. The lowest BCUT2D eigenvalue weighted by Crippen LogP contribution is -2.21. The Bertz CT molecular complexity index is 1010. The van der Waals surface area contributed by atoms with E-state index >= 15 is 0 Å². The molecule has 0 saturated heterocycles. The maximum Gasteiger partial charge on any atom is 0.255 e. The molecule has 0 spiro atoms. The molecule has 0 saturated carbocycles. The van der Waals surface area contributed by atoms with Crippen LogP contribution in [0.3, 0.4) is 0 Å². The highest BCUT2D eigenvalue weighted by Crippen LogP contribution is 2.18. The fourth-order valence-corrected chi connectivity index (χ4v) is 2.89. The summed E-state index contributed by atoms with van der Waals surface area (Å²) in [7, 11) is 0. The number of carbonyl (C=O) groups excluding carboxylic acids is 2. The first kappa shape index (κ1) is 21.9. The molecule has 0 aliphatic carbocycles. The van der Waals surface area contributed by atoms with Crippen molar-refractivity contribution in [2.45, 2.75) is 19.8 Å². The lowest BCUT2D eigenvalue weighted by Gasteiger charge is -2.11. The van der Waals surface area contributed by atoms with Crippen LogP contribution in [0.15, 0.2) is 78.9 Å². The monoisotopic (exact) mass is 417 g/mol. The van der Waals surface area contributed by atoms with Crippen LogP contribution in [0, 0.1) is 0 Å². The molecular formula is C25H27N3O3. The third kappa shape index (κ3) is 7.19. The first-order chi connectivity index (χ1) is 15.1. The molecule has 0 bridgehead atoms. The topological polar surface area (TPSA) is 79.5 Å². The molecule has 0 unspecified atom stereocenters. The summed E-state index contributed by atoms with van der Waals surface area (Å²) in [5.74, 6) is 0.385. The molecule has 3 N–H and O–H groups in total. The molecular weight excluding hydrogens is 390 g/mol. The smallest absolute Gasteiger partial charge is 0.255 e. The minimum atomic E-state index is -0.202. The Morgan fingerprint density at radius 3 is 2.29 bits per heavy atom. The Morgan fingerprint density at radius 1 is 0.806 bits per heavy atom. The number of hydrogen-bond donors (Lipinski definition) is 3. The maximum absolute atomic E-state index is 12.3. The number of benzene rings is 3. The van der Waals surface area contributed by atoms with E-state index in [-0.39, 0.29) is 18.4 Å². The molecule has 160 valence electrons. The molecule has 0 atom stereocenters. The van der Waals surface area contributed by atoms with E-state index in [0.717, 1.165) is 24.3 Å². The zero-order chi connectivity index (χ0) is 21.9. The minimum absolute atomic E-state index is 0.110. The molecule has 0 fully saturated rings. The molecule has 0 heterocycles. The number of amides is 2. The van der Waals surface area contributed by atoms with E-state index in [9.17, 15) is 9.59 Å². The highest BCUT2D eigenvalue weighted by atomic mass is 16.5. The van der Waals surface area contributed by atoms with Crippen molar-refractivity contribution in [3.63, 3.8) is 0 Å². The molecule has 0 aliphatic rings. The van der Waals surface area contributed by atoms with E-state index in [1.54, 1.807) is 36.4 Å². The summed E-state index contributed by atoms with van der Waals surface area (Å²) >= 11 is 0. The first-order valence-corrected chi connectivity index (χ1v) is 10.4. The Balaban J connectivity index is 1.51. The van der Waals surface area contributed by atoms with E-state index in [1.807, 2.05) is 42.5 Å². The maximum atomic E-state index is 12.3. The van der Waals surface area contributed by atoms with E-state index in [4.69, 9.17) is 4.74 Å². The third-order valence-corrected chi connectivity index (χ3v) is 4.49. The highest BCUT2D eigenvalue weighted by Gasteiger charge is 2.07. The Hall–Kier alpha value is -3.80. The molecule has 3 aromatic carbocycles. The fourth-order valence-electron chi connectivity index (χ4n) is 2.89. The Kier molecular flexibility index (Phi) is 8.05. The molecule has 2 amide bonds. The summed E-state index contributed by atoms with van der Waals surface area (Å²) in [6.45, 7) is 2.91. The van der Waals surface area contributed by atoms with E-state index in [1.165, 1.54) is 0 Å². The summed E-state index contributed by atoms with van der Waals surface area (Å²) in [5.41, 5.74) is 2.60. The van der Waals surface area contributed by atoms with Crippen molar-refractivity contribution in [1.29, 1.82) is 0 Å². The highest BCUT2D eigenvalue weighted by molar-refractivity contribution is 6.04. The molecule has 6 nitrogen and oxygen atoms in total. The van der Waals surface area contributed by atoms with Crippen LogP contribution >= 0.6 is 0 Å². The lowest BCUT2D eigenvalue weighted by molar-refractivity contribution is -0.114. The molecule has 3 aromatic rings. The molecule has 0 aliphatic heterocycles. The first-order valence-electron chi connectivity index (χ1n) is 10.4. The summed E-state index contributed by atoms with van der Waals surface area (Å²) in [4.78, 5) is 24.6. The van der Waals surface area contributed by atoms with Gasteiger partial charge in [0, 0.05) is 28.7 Å². The van der Waals surface area contributed by atoms with Gasteiger partial charge in [-0.05, 0) is 48.9 Å². The van der Waals surface area contributed by atoms with Crippen molar-refractivity contribution in [2.24, 2.45) is 0 Å². The lowest BCUT2D eigenvalue weighted by atomic mass is 10.2. The summed E-state index contributed by atoms with van der Waals surface area (Å²) < 4.78 is 5.69. The van der Waals surface area contributed by atoms with Gasteiger partial charge in [-0.3, -0.25) is 9.59 Å². The molecule has 0 radical (unpaired) electrons.